The zero-order valence-corrected chi connectivity index (χ0v) is 34.5. The molecule has 12 heteroatoms. The fourth-order valence-corrected chi connectivity index (χ4v) is 9.86. The molecule has 0 aliphatic carbocycles. The first-order valence-corrected chi connectivity index (χ1v) is 21.3. The van der Waals surface area contributed by atoms with Crippen molar-refractivity contribution in [3.63, 3.8) is 0 Å². The van der Waals surface area contributed by atoms with Gasteiger partial charge in [0.15, 0.2) is 6.29 Å². The third kappa shape index (κ3) is 8.59. The predicted octanol–water partition coefficient (Wildman–Crippen LogP) is 6.09. The van der Waals surface area contributed by atoms with Crippen molar-refractivity contribution in [3.05, 3.63) is 83.5 Å². The van der Waals surface area contributed by atoms with Crippen molar-refractivity contribution < 1.29 is 23.8 Å². The quantitative estimate of drug-likeness (QED) is 0.0411. The lowest BCUT2D eigenvalue weighted by molar-refractivity contribution is -0.116. The SMILES string of the molecule is C\C=C/C=C(\C=C\C(=O)NCCOCCOCCCCCCCl)C1(C(=N)C=O)c2ccc(N3C4CC3CN(C)C4)cc2Oc2cc(N3C4CC3CN(C)C4)ccc21. The Labute approximate surface area is 343 Å². The molecule has 4 atom stereocenters. The first-order chi connectivity index (χ1) is 27.8. The Balaban J connectivity index is 1.14. The normalized spacial score (nSPS) is 25.4. The topological polar surface area (TPSA) is 111 Å². The number of likely N-dealkylation sites (tertiary alicyclic amines) is 2. The van der Waals surface area contributed by atoms with Gasteiger partial charge in [-0.05, 0) is 64.4 Å². The molecule has 2 aromatic rings. The number of piperazine rings is 2. The van der Waals surface area contributed by atoms with Crippen molar-refractivity contribution in [3.8, 4) is 11.5 Å². The lowest BCUT2D eigenvalue weighted by atomic mass is 9.64. The van der Waals surface area contributed by atoms with E-state index >= 15 is 0 Å². The lowest BCUT2D eigenvalue weighted by Crippen LogP contribution is -2.68. The Bertz CT molecular complexity index is 1760. The first kappa shape index (κ1) is 41.2. The summed E-state index contributed by atoms with van der Waals surface area (Å²) in [5.74, 6) is 1.63. The van der Waals surface area contributed by atoms with Crippen molar-refractivity contribution in [2.24, 2.45) is 0 Å². The summed E-state index contributed by atoms with van der Waals surface area (Å²) in [5, 5.41) is 12.4. The molecule has 7 rings (SSSR count). The summed E-state index contributed by atoms with van der Waals surface area (Å²) >= 11 is 5.74. The van der Waals surface area contributed by atoms with Gasteiger partial charge in [0, 0.05) is 110 Å². The number of likely N-dealkylation sites (N-methyl/N-ethyl adjacent to an activating group) is 2. The van der Waals surface area contributed by atoms with Crippen molar-refractivity contribution in [2.45, 2.75) is 75.0 Å². The fraction of sp³-hybridized carbons (Fsp3) is 0.533. The number of aldehydes is 1. The monoisotopic (exact) mass is 798 g/mol. The van der Waals surface area contributed by atoms with Gasteiger partial charge in [-0.25, -0.2) is 0 Å². The number of ether oxygens (including phenoxy) is 3. The van der Waals surface area contributed by atoms with Crippen LogP contribution in [0.3, 0.4) is 0 Å². The van der Waals surface area contributed by atoms with Crippen LogP contribution in [-0.2, 0) is 24.5 Å². The van der Waals surface area contributed by atoms with Gasteiger partial charge in [-0.1, -0.05) is 49.3 Å². The number of hydrogen-bond donors (Lipinski definition) is 2. The molecule has 4 unspecified atom stereocenters. The van der Waals surface area contributed by atoms with Crippen LogP contribution in [0, 0.1) is 5.41 Å². The van der Waals surface area contributed by atoms with Crippen molar-refractivity contribution in [1.29, 1.82) is 5.41 Å². The highest BCUT2D eigenvalue weighted by molar-refractivity contribution is 6.34. The Morgan fingerprint density at radius 1 is 0.842 bits per heavy atom. The van der Waals surface area contributed by atoms with Crippen LogP contribution in [0.25, 0.3) is 0 Å². The van der Waals surface area contributed by atoms with E-state index in [-0.39, 0.29) is 11.6 Å². The third-order valence-corrected chi connectivity index (χ3v) is 12.5. The maximum absolute atomic E-state index is 13.3. The smallest absolute Gasteiger partial charge is 0.244 e. The summed E-state index contributed by atoms with van der Waals surface area (Å²) in [6, 6.07) is 14.2. The molecule has 0 saturated carbocycles. The summed E-state index contributed by atoms with van der Waals surface area (Å²) in [5.41, 5.74) is 2.68. The van der Waals surface area contributed by atoms with E-state index in [1.165, 1.54) is 18.9 Å². The predicted molar refractivity (Wildman–Crippen MR) is 228 cm³/mol. The highest BCUT2D eigenvalue weighted by Gasteiger charge is 2.50. The Kier molecular flexibility index (Phi) is 13.5. The van der Waals surface area contributed by atoms with Gasteiger partial charge in [-0.15, -0.1) is 11.6 Å². The van der Waals surface area contributed by atoms with Crippen LogP contribution < -0.4 is 19.9 Å². The van der Waals surface area contributed by atoms with Crippen molar-refractivity contribution in [2.75, 3.05) is 88.9 Å². The van der Waals surface area contributed by atoms with Crippen LogP contribution in [0.5, 0.6) is 11.5 Å². The molecule has 5 aliphatic heterocycles. The maximum Gasteiger partial charge on any atom is 0.244 e. The minimum atomic E-state index is -1.35. The number of unbranched alkanes of at least 4 members (excludes halogenated alkanes) is 3. The average Bonchev–Trinajstić information content (AvgIpc) is 3.19. The van der Waals surface area contributed by atoms with Crippen molar-refractivity contribution >= 4 is 40.9 Å². The number of anilines is 2. The van der Waals surface area contributed by atoms with E-state index in [1.54, 1.807) is 6.08 Å². The molecule has 0 spiro atoms. The molecule has 2 N–H and O–H groups in total. The lowest BCUT2D eigenvalue weighted by Gasteiger charge is -2.57. The van der Waals surface area contributed by atoms with E-state index in [1.807, 2.05) is 37.3 Å². The molecule has 4 bridgehead atoms. The minimum Gasteiger partial charge on any atom is -0.457 e. The van der Waals surface area contributed by atoms with Gasteiger partial charge < -0.3 is 44.5 Å². The van der Waals surface area contributed by atoms with E-state index in [4.69, 9.17) is 25.8 Å². The third-order valence-electron chi connectivity index (χ3n) is 12.2. The fourth-order valence-electron chi connectivity index (χ4n) is 9.67. The molecule has 0 radical (unpaired) electrons. The molecule has 5 aliphatic rings. The number of nitrogens with one attached hydrogen (secondary N) is 2. The Morgan fingerprint density at radius 2 is 1.40 bits per heavy atom. The van der Waals surface area contributed by atoms with Crippen LogP contribution >= 0.6 is 11.6 Å². The summed E-state index contributed by atoms with van der Waals surface area (Å²) in [6.45, 7) is 8.31. The number of halogens is 1. The highest BCUT2D eigenvalue weighted by atomic mass is 35.5. The summed E-state index contributed by atoms with van der Waals surface area (Å²) in [7, 11) is 4.35. The van der Waals surface area contributed by atoms with Crippen LogP contribution in [-0.4, -0.2) is 131 Å². The number of amides is 1. The molecular weight excluding hydrogens is 740 g/mol. The summed E-state index contributed by atoms with van der Waals surface area (Å²) in [6.07, 6.45) is 16.2. The zero-order valence-electron chi connectivity index (χ0n) is 33.8. The number of carbonyl (C=O) groups is 2. The van der Waals surface area contributed by atoms with Crippen LogP contribution in [0.15, 0.2) is 72.4 Å². The van der Waals surface area contributed by atoms with Crippen molar-refractivity contribution in [1.82, 2.24) is 15.1 Å². The van der Waals surface area contributed by atoms with Gasteiger partial charge >= 0.3 is 0 Å². The van der Waals surface area contributed by atoms with E-state index in [0.717, 1.165) is 63.2 Å². The summed E-state index contributed by atoms with van der Waals surface area (Å²) in [4.78, 5) is 36.0. The van der Waals surface area contributed by atoms with Gasteiger partial charge in [-0.3, -0.25) is 9.59 Å². The number of nitrogens with zero attached hydrogens (tertiary/aromatic N) is 4. The van der Waals surface area contributed by atoms with E-state index in [9.17, 15) is 15.0 Å². The summed E-state index contributed by atoms with van der Waals surface area (Å²) < 4.78 is 18.2. The number of allylic oxidation sites excluding steroid dienone is 5. The molecule has 4 saturated heterocycles. The largest absolute Gasteiger partial charge is 0.457 e. The maximum atomic E-state index is 13.3. The molecule has 1 amide bonds. The second-order valence-electron chi connectivity index (χ2n) is 16.2. The second-order valence-corrected chi connectivity index (χ2v) is 16.6. The van der Waals surface area contributed by atoms with Gasteiger partial charge in [0.05, 0.1) is 30.9 Å². The minimum absolute atomic E-state index is 0.134. The molecule has 57 heavy (non-hydrogen) atoms. The van der Waals surface area contributed by atoms with E-state index in [2.05, 4.69) is 63.3 Å². The first-order valence-electron chi connectivity index (χ1n) is 20.7. The van der Waals surface area contributed by atoms with Crippen LogP contribution in [0.4, 0.5) is 11.4 Å². The average molecular weight is 799 g/mol. The molecular formula is C45H59ClN6O5. The molecule has 306 valence electrons. The molecule has 11 nitrogen and oxygen atoms in total. The second kappa shape index (κ2) is 18.7. The number of carbonyl (C=O) groups excluding carboxylic acids is 2. The van der Waals surface area contributed by atoms with Gasteiger partial charge in [0.1, 0.15) is 11.5 Å². The standard InChI is InChI=1S/C45H59ClN6O5/c1-4-5-10-32(11-16-44(54)48-18-20-56-22-21-55-19-9-7-6-8-17-46)45(43(47)31-53)39-14-12-33(51-35-23-36(51)28-49(2)27-35)25-41(39)57-42-26-34(13-15-40(42)45)52-37-24-38(52)30-50(3)29-37/h4-5,10-16,25-26,31,35-38,47H,6-9,17-24,27-30H2,1-3H3,(H,48,54)/b5-4-,16-11+,32-10+,47-43?. The van der Waals surface area contributed by atoms with Gasteiger partial charge in [0.2, 0.25) is 5.91 Å². The molecule has 0 aromatic heterocycles. The number of benzene rings is 2. The Morgan fingerprint density at radius 3 is 1.95 bits per heavy atom. The molecule has 5 heterocycles. The van der Waals surface area contributed by atoms with Gasteiger partial charge in [-0.2, -0.15) is 0 Å². The number of rotatable bonds is 20. The zero-order chi connectivity index (χ0) is 39.9. The number of alkyl halides is 1. The number of hydrogen-bond acceptors (Lipinski definition) is 10. The number of fused-ring (bicyclic) bond motifs is 6. The van der Waals surface area contributed by atoms with Crippen LogP contribution in [0.2, 0.25) is 0 Å². The van der Waals surface area contributed by atoms with E-state index < -0.39 is 5.41 Å². The molecule has 4 fully saturated rings. The highest BCUT2D eigenvalue weighted by Crippen LogP contribution is 2.55. The molecule has 2 aromatic carbocycles. The van der Waals surface area contributed by atoms with Gasteiger partial charge in [0.25, 0.3) is 0 Å². The van der Waals surface area contributed by atoms with E-state index in [0.29, 0.717) is 97.5 Å². The number of piperidine rings is 2. The Hall–Kier alpha value is -4.00. The van der Waals surface area contributed by atoms with Crippen LogP contribution in [0.1, 0.15) is 56.6 Å².